The van der Waals surface area contributed by atoms with Gasteiger partial charge in [0.15, 0.2) is 0 Å². The predicted octanol–water partition coefficient (Wildman–Crippen LogP) is 2.33. The Morgan fingerprint density at radius 1 is 1.40 bits per heavy atom. The lowest BCUT2D eigenvalue weighted by Crippen LogP contribution is -2.51. The van der Waals surface area contributed by atoms with E-state index in [4.69, 9.17) is 4.74 Å². The molecule has 2 aliphatic heterocycles. The van der Waals surface area contributed by atoms with Crippen LogP contribution in [0.25, 0.3) is 0 Å². The van der Waals surface area contributed by atoms with Crippen LogP contribution in [0.3, 0.4) is 0 Å². The summed E-state index contributed by atoms with van der Waals surface area (Å²) in [5, 5.41) is 0. The molecule has 1 aliphatic carbocycles. The van der Waals surface area contributed by atoms with E-state index in [-0.39, 0.29) is 6.09 Å². The molecule has 3 rings (SSSR count). The van der Waals surface area contributed by atoms with E-state index in [0.29, 0.717) is 30.0 Å². The first-order valence-corrected chi connectivity index (χ1v) is 9.85. The largest absolute Gasteiger partial charge is 0.450 e. The van der Waals surface area contributed by atoms with Crippen molar-refractivity contribution in [2.45, 2.75) is 64.5 Å². The van der Waals surface area contributed by atoms with Crippen molar-refractivity contribution >= 4 is 12.0 Å². The number of hydrogen-bond donors (Lipinski definition) is 0. The van der Waals surface area contributed by atoms with Crippen molar-refractivity contribution < 1.29 is 14.3 Å². The van der Waals surface area contributed by atoms with Gasteiger partial charge in [-0.05, 0) is 58.4 Å². The van der Waals surface area contributed by atoms with E-state index in [0.717, 1.165) is 51.9 Å². The number of hydrogen-bond acceptors (Lipinski definition) is 4. The minimum Gasteiger partial charge on any atom is -0.450 e. The van der Waals surface area contributed by atoms with E-state index in [1.165, 1.54) is 12.8 Å². The molecule has 1 saturated carbocycles. The summed E-state index contributed by atoms with van der Waals surface area (Å²) in [6.45, 7) is 8.14. The third-order valence-electron chi connectivity index (χ3n) is 6.47. The zero-order valence-electron chi connectivity index (χ0n) is 16.0. The third kappa shape index (κ3) is 3.94. The number of likely N-dealkylation sites (tertiary alicyclic amines) is 2. The van der Waals surface area contributed by atoms with Crippen molar-refractivity contribution in [1.29, 1.82) is 0 Å². The highest BCUT2D eigenvalue weighted by Gasteiger charge is 2.50. The van der Waals surface area contributed by atoms with Gasteiger partial charge in [-0.15, -0.1) is 0 Å². The molecular weight excluding hydrogens is 318 g/mol. The quantitative estimate of drug-likeness (QED) is 0.737. The van der Waals surface area contributed by atoms with Crippen molar-refractivity contribution in [3.05, 3.63) is 0 Å². The topological polar surface area (TPSA) is 53.1 Å². The first-order valence-electron chi connectivity index (χ1n) is 9.85. The van der Waals surface area contributed by atoms with Crippen molar-refractivity contribution in [2.24, 2.45) is 5.41 Å². The number of amides is 2. The zero-order valence-corrected chi connectivity index (χ0v) is 16.0. The Morgan fingerprint density at radius 2 is 2.16 bits per heavy atom. The van der Waals surface area contributed by atoms with Crippen molar-refractivity contribution in [2.75, 3.05) is 39.8 Å². The summed E-state index contributed by atoms with van der Waals surface area (Å²) in [4.78, 5) is 30.1. The molecule has 2 amide bonds. The highest BCUT2D eigenvalue weighted by atomic mass is 16.6. The number of carbonyl (C=O) groups is 2. The molecule has 2 saturated heterocycles. The van der Waals surface area contributed by atoms with Gasteiger partial charge in [-0.3, -0.25) is 4.79 Å². The van der Waals surface area contributed by atoms with Crippen LogP contribution in [0.15, 0.2) is 0 Å². The Hall–Kier alpha value is -1.30. The molecule has 6 heteroatoms. The minimum atomic E-state index is -0.153. The second kappa shape index (κ2) is 7.52. The fourth-order valence-electron chi connectivity index (χ4n) is 4.75. The van der Waals surface area contributed by atoms with Crippen molar-refractivity contribution in [3.8, 4) is 0 Å². The average molecular weight is 351 g/mol. The summed E-state index contributed by atoms with van der Waals surface area (Å²) >= 11 is 0. The van der Waals surface area contributed by atoms with Gasteiger partial charge in [-0.1, -0.05) is 0 Å². The van der Waals surface area contributed by atoms with Crippen molar-refractivity contribution in [3.63, 3.8) is 0 Å². The molecule has 0 N–H and O–H groups in total. The van der Waals surface area contributed by atoms with Gasteiger partial charge in [0.2, 0.25) is 5.91 Å². The normalized spacial score (nSPS) is 30.2. The van der Waals surface area contributed by atoms with Crippen LogP contribution in [-0.2, 0) is 9.53 Å². The van der Waals surface area contributed by atoms with Gasteiger partial charge in [0, 0.05) is 44.7 Å². The fraction of sp³-hybridized carbons (Fsp3) is 0.895. The smallest absolute Gasteiger partial charge is 0.409 e. The predicted molar refractivity (Wildman–Crippen MR) is 96.3 cm³/mol. The second-order valence-corrected chi connectivity index (χ2v) is 8.24. The van der Waals surface area contributed by atoms with E-state index in [2.05, 4.69) is 18.9 Å². The standard InChI is InChI=1S/C19H33N3O3/c1-4-25-18(24)21-11-8-19(14-21)12-16(13-19)20(3)10-7-15(2)22-9-5-6-17(22)23/h15-16H,4-14H2,1-3H3. The summed E-state index contributed by atoms with van der Waals surface area (Å²) in [7, 11) is 2.20. The van der Waals surface area contributed by atoms with Gasteiger partial charge >= 0.3 is 6.09 Å². The molecule has 1 atom stereocenters. The molecule has 2 heterocycles. The summed E-state index contributed by atoms with van der Waals surface area (Å²) in [6, 6.07) is 0.959. The fourth-order valence-corrected chi connectivity index (χ4v) is 4.75. The van der Waals surface area contributed by atoms with E-state index in [1.54, 1.807) is 0 Å². The molecule has 0 aromatic heterocycles. The minimum absolute atomic E-state index is 0.153. The maximum absolute atomic E-state index is 11.9. The highest BCUT2D eigenvalue weighted by Crippen LogP contribution is 2.50. The summed E-state index contributed by atoms with van der Waals surface area (Å²) in [6.07, 6.45) is 6.09. The van der Waals surface area contributed by atoms with E-state index in [1.807, 2.05) is 16.7 Å². The third-order valence-corrected chi connectivity index (χ3v) is 6.47. The SMILES string of the molecule is CCOC(=O)N1CCC2(CC(N(C)CCC(C)N3CCCC3=O)C2)C1. The molecule has 6 nitrogen and oxygen atoms in total. The van der Waals surface area contributed by atoms with Crippen molar-refractivity contribution in [1.82, 2.24) is 14.7 Å². The molecule has 142 valence electrons. The van der Waals surface area contributed by atoms with Crippen LogP contribution in [0.4, 0.5) is 4.79 Å². The number of rotatable bonds is 6. The van der Waals surface area contributed by atoms with E-state index in [9.17, 15) is 9.59 Å². The van der Waals surface area contributed by atoms with Gasteiger partial charge in [-0.2, -0.15) is 0 Å². The maximum Gasteiger partial charge on any atom is 0.409 e. The van der Waals surface area contributed by atoms with Crippen LogP contribution in [0.5, 0.6) is 0 Å². The van der Waals surface area contributed by atoms with Crippen LogP contribution in [0.1, 0.15) is 52.4 Å². The van der Waals surface area contributed by atoms with Gasteiger partial charge in [0.05, 0.1) is 6.61 Å². The second-order valence-electron chi connectivity index (χ2n) is 8.24. The van der Waals surface area contributed by atoms with Crippen LogP contribution < -0.4 is 0 Å². The van der Waals surface area contributed by atoms with Crippen LogP contribution in [0, 0.1) is 5.41 Å². The van der Waals surface area contributed by atoms with Gasteiger partial charge in [0.1, 0.15) is 0 Å². The number of nitrogens with zero attached hydrogens (tertiary/aromatic N) is 3. The summed E-state index contributed by atoms with van der Waals surface area (Å²) in [5.41, 5.74) is 0.322. The molecule has 1 spiro atoms. The molecule has 3 fully saturated rings. The summed E-state index contributed by atoms with van der Waals surface area (Å²) < 4.78 is 5.13. The van der Waals surface area contributed by atoms with Crippen LogP contribution in [-0.4, -0.2) is 78.6 Å². The lowest BCUT2D eigenvalue weighted by atomic mass is 9.64. The molecule has 3 aliphatic rings. The Morgan fingerprint density at radius 3 is 2.80 bits per heavy atom. The van der Waals surface area contributed by atoms with Gasteiger partial charge in [-0.25, -0.2) is 4.79 Å². The van der Waals surface area contributed by atoms with Crippen LogP contribution in [0.2, 0.25) is 0 Å². The average Bonchev–Trinajstić information content (AvgIpc) is 3.17. The van der Waals surface area contributed by atoms with E-state index < -0.39 is 0 Å². The molecule has 25 heavy (non-hydrogen) atoms. The number of carbonyl (C=O) groups excluding carboxylic acids is 2. The Labute approximate surface area is 151 Å². The lowest BCUT2D eigenvalue weighted by Gasteiger charge is -2.49. The Balaban J connectivity index is 1.39. The first-order chi connectivity index (χ1) is 11.9. The monoisotopic (exact) mass is 351 g/mol. The van der Waals surface area contributed by atoms with E-state index >= 15 is 0 Å². The first kappa shape index (κ1) is 18.5. The summed E-state index contributed by atoms with van der Waals surface area (Å²) in [5.74, 6) is 0.322. The maximum atomic E-state index is 11.9. The Kier molecular flexibility index (Phi) is 5.56. The Bertz CT molecular complexity index is 504. The molecule has 0 aromatic carbocycles. The lowest BCUT2D eigenvalue weighted by molar-refractivity contribution is -0.129. The van der Waals surface area contributed by atoms with Gasteiger partial charge in [0.25, 0.3) is 0 Å². The molecule has 1 unspecified atom stereocenters. The molecular formula is C19H33N3O3. The number of ether oxygens (including phenoxy) is 1. The molecule has 0 bridgehead atoms. The highest BCUT2D eigenvalue weighted by molar-refractivity contribution is 5.78. The molecule has 0 aromatic rings. The van der Waals surface area contributed by atoms with Crippen LogP contribution >= 0.6 is 0 Å². The van der Waals surface area contributed by atoms with Gasteiger partial charge < -0.3 is 19.4 Å². The zero-order chi connectivity index (χ0) is 18.0. The molecule has 0 radical (unpaired) electrons.